The molecular formula is C15H19N3O3. The number of hydrogen-bond acceptors (Lipinski definition) is 4. The first kappa shape index (κ1) is 15.0. The molecule has 0 spiro atoms. The first-order chi connectivity index (χ1) is 9.93. The van der Waals surface area contributed by atoms with Crippen molar-refractivity contribution in [3.8, 4) is 5.75 Å². The summed E-state index contributed by atoms with van der Waals surface area (Å²) in [5.41, 5.74) is 0.532. The van der Waals surface area contributed by atoms with E-state index in [1.54, 1.807) is 26.4 Å². The largest absolute Gasteiger partial charge is 0.495 e. The van der Waals surface area contributed by atoms with Gasteiger partial charge in [-0.3, -0.25) is 14.6 Å². The van der Waals surface area contributed by atoms with E-state index in [2.05, 4.69) is 16.9 Å². The Bertz CT molecular complexity index is 600. The molecule has 1 fully saturated rings. The lowest BCUT2D eigenvalue weighted by Gasteiger charge is -2.48. The fraction of sp³-hybridized carbons (Fsp3) is 0.400. The topological polar surface area (TPSA) is 71.5 Å². The van der Waals surface area contributed by atoms with Crippen molar-refractivity contribution in [3.63, 3.8) is 0 Å². The number of carbonyl (C=O) groups excluding carboxylic acids is 2. The Hall–Kier alpha value is -2.37. The molecule has 1 N–H and O–H groups in total. The second-order valence-corrected chi connectivity index (χ2v) is 5.19. The highest BCUT2D eigenvalue weighted by atomic mass is 16.5. The maximum absolute atomic E-state index is 12.5. The Morgan fingerprint density at radius 3 is 2.76 bits per heavy atom. The average molecular weight is 289 g/mol. The number of rotatable bonds is 4. The van der Waals surface area contributed by atoms with Gasteiger partial charge in [-0.15, -0.1) is 0 Å². The summed E-state index contributed by atoms with van der Waals surface area (Å²) in [5.74, 6) is 0.132. The van der Waals surface area contributed by atoms with Crippen LogP contribution in [0.2, 0.25) is 0 Å². The van der Waals surface area contributed by atoms with Gasteiger partial charge >= 0.3 is 0 Å². The van der Waals surface area contributed by atoms with E-state index in [-0.39, 0.29) is 11.8 Å². The predicted octanol–water partition coefficient (Wildman–Crippen LogP) is 1.51. The Morgan fingerprint density at radius 2 is 2.24 bits per heavy atom. The minimum atomic E-state index is -0.846. The van der Waals surface area contributed by atoms with Gasteiger partial charge in [0.15, 0.2) is 0 Å². The third kappa shape index (κ3) is 2.49. The van der Waals surface area contributed by atoms with Gasteiger partial charge in [-0.2, -0.15) is 0 Å². The molecule has 0 saturated carbocycles. The number of hydrogen-bond donors (Lipinski definition) is 1. The molecule has 0 radical (unpaired) electrons. The summed E-state index contributed by atoms with van der Waals surface area (Å²) in [7, 11) is 1.55. The third-order valence-electron chi connectivity index (χ3n) is 3.98. The zero-order valence-electron chi connectivity index (χ0n) is 12.5. The van der Waals surface area contributed by atoms with E-state index in [0.29, 0.717) is 24.4 Å². The van der Waals surface area contributed by atoms with Gasteiger partial charge in [0.25, 0.3) is 0 Å². The number of likely N-dealkylation sites (tertiary alicyclic amines) is 1. The van der Waals surface area contributed by atoms with Gasteiger partial charge in [0.05, 0.1) is 25.2 Å². The SMILES string of the molecule is C=CC(=O)N1CCC1(C)C(=O)Nc1cncc(OC)c1C. The van der Waals surface area contributed by atoms with Crippen molar-refractivity contribution in [2.75, 3.05) is 19.0 Å². The maximum atomic E-state index is 12.5. The normalized spacial score (nSPS) is 20.4. The second kappa shape index (κ2) is 5.55. The van der Waals surface area contributed by atoms with Crippen molar-refractivity contribution in [1.29, 1.82) is 0 Å². The fourth-order valence-corrected chi connectivity index (χ4v) is 2.35. The van der Waals surface area contributed by atoms with Crippen molar-refractivity contribution in [2.24, 2.45) is 0 Å². The standard InChI is InChI=1S/C15H19N3O3/c1-5-13(19)18-7-6-15(18,3)14(20)17-11-8-16-9-12(21-4)10(11)2/h5,8-9H,1,6-7H2,2-4H3,(H,17,20). The lowest BCUT2D eigenvalue weighted by molar-refractivity contribution is -0.150. The van der Waals surface area contributed by atoms with E-state index in [0.717, 1.165) is 5.56 Å². The maximum Gasteiger partial charge on any atom is 0.250 e. The number of ether oxygens (including phenoxy) is 1. The van der Waals surface area contributed by atoms with Crippen LogP contribution in [0.4, 0.5) is 5.69 Å². The Kier molecular flexibility index (Phi) is 3.97. The van der Waals surface area contributed by atoms with Crippen molar-refractivity contribution in [2.45, 2.75) is 25.8 Å². The van der Waals surface area contributed by atoms with Crippen LogP contribution in [-0.2, 0) is 9.59 Å². The lowest BCUT2D eigenvalue weighted by atomic mass is 9.85. The molecule has 2 amide bonds. The minimum absolute atomic E-state index is 0.234. The second-order valence-electron chi connectivity index (χ2n) is 5.19. The van der Waals surface area contributed by atoms with Crippen LogP contribution in [0.1, 0.15) is 18.9 Å². The van der Waals surface area contributed by atoms with Gasteiger partial charge in [0.1, 0.15) is 11.3 Å². The van der Waals surface area contributed by atoms with Gasteiger partial charge in [-0.25, -0.2) is 0 Å². The highest BCUT2D eigenvalue weighted by Gasteiger charge is 2.48. The first-order valence-corrected chi connectivity index (χ1v) is 6.68. The van der Waals surface area contributed by atoms with Crippen molar-refractivity contribution in [1.82, 2.24) is 9.88 Å². The average Bonchev–Trinajstić information content (AvgIpc) is 2.47. The molecule has 1 atom stereocenters. The number of aromatic nitrogens is 1. The van der Waals surface area contributed by atoms with E-state index >= 15 is 0 Å². The zero-order chi connectivity index (χ0) is 15.6. The number of amides is 2. The summed E-state index contributed by atoms with van der Waals surface area (Å²) in [6.07, 6.45) is 5.00. The highest BCUT2D eigenvalue weighted by molar-refractivity contribution is 6.03. The molecule has 6 heteroatoms. The molecule has 0 aromatic carbocycles. The summed E-state index contributed by atoms with van der Waals surface area (Å²) < 4.78 is 5.18. The van der Waals surface area contributed by atoms with Crippen LogP contribution in [0.5, 0.6) is 5.75 Å². The van der Waals surface area contributed by atoms with E-state index in [1.165, 1.54) is 11.0 Å². The summed E-state index contributed by atoms with van der Waals surface area (Å²) in [6.45, 7) is 7.60. The van der Waals surface area contributed by atoms with E-state index in [9.17, 15) is 9.59 Å². The Balaban J connectivity index is 2.19. The molecule has 0 bridgehead atoms. The van der Waals surface area contributed by atoms with E-state index in [4.69, 9.17) is 4.74 Å². The number of methoxy groups -OCH3 is 1. The molecule has 1 unspecified atom stereocenters. The van der Waals surface area contributed by atoms with E-state index in [1.807, 2.05) is 6.92 Å². The zero-order valence-corrected chi connectivity index (χ0v) is 12.5. The molecule has 1 aromatic heterocycles. The predicted molar refractivity (Wildman–Crippen MR) is 79.1 cm³/mol. The van der Waals surface area contributed by atoms with Gasteiger partial charge in [0.2, 0.25) is 11.8 Å². The van der Waals surface area contributed by atoms with Crippen molar-refractivity contribution in [3.05, 3.63) is 30.6 Å². The van der Waals surface area contributed by atoms with Crippen molar-refractivity contribution < 1.29 is 14.3 Å². The first-order valence-electron chi connectivity index (χ1n) is 6.68. The molecule has 2 rings (SSSR count). The number of nitrogens with zero attached hydrogens (tertiary/aromatic N) is 2. The molecule has 1 saturated heterocycles. The van der Waals surface area contributed by atoms with Crippen LogP contribution in [0.15, 0.2) is 25.0 Å². The van der Waals surface area contributed by atoms with Crippen LogP contribution >= 0.6 is 0 Å². The van der Waals surface area contributed by atoms with E-state index < -0.39 is 5.54 Å². The molecule has 112 valence electrons. The summed E-state index contributed by atoms with van der Waals surface area (Å²) in [6, 6.07) is 0. The Labute approximate surface area is 123 Å². The van der Waals surface area contributed by atoms with Gasteiger partial charge in [-0.05, 0) is 26.3 Å². The summed E-state index contributed by atoms with van der Waals surface area (Å²) in [5, 5.41) is 2.83. The van der Waals surface area contributed by atoms with Crippen LogP contribution in [0.3, 0.4) is 0 Å². The van der Waals surface area contributed by atoms with Crippen LogP contribution < -0.4 is 10.1 Å². The molecule has 1 aromatic rings. The number of anilines is 1. The molecule has 0 aliphatic carbocycles. The molecule has 6 nitrogen and oxygen atoms in total. The van der Waals surface area contributed by atoms with Crippen LogP contribution in [0.25, 0.3) is 0 Å². The lowest BCUT2D eigenvalue weighted by Crippen LogP contribution is -2.65. The third-order valence-corrected chi connectivity index (χ3v) is 3.98. The highest BCUT2D eigenvalue weighted by Crippen LogP contribution is 2.33. The Morgan fingerprint density at radius 1 is 1.52 bits per heavy atom. The van der Waals surface area contributed by atoms with Gasteiger partial charge in [0, 0.05) is 12.1 Å². The monoisotopic (exact) mass is 289 g/mol. The molecule has 1 aliphatic rings. The molecule has 21 heavy (non-hydrogen) atoms. The number of nitrogens with one attached hydrogen (secondary N) is 1. The fourth-order valence-electron chi connectivity index (χ4n) is 2.35. The number of pyridine rings is 1. The van der Waals surface area contributed by atoms with Crippen LogP contribution in [-0.4, -0.2) is 40.9 Å². The molecule has 1 aliphatic heterocycles. The quantitative estimate of drug-likeness (QED) is 0.853. The van der Waals surface area contributed by atoms with Gasteiger partial charge in [-0.1, -0.05) is 6.58 Å². The summed E-state index contributed by atoms with van der Waals surface area (Å²) >= 11 is 0. The molecule has 2 heterocycles. The number of carbonyl (C=O) groups is 2. The van der Waals surface area contributed by atoms with Gasteiger partial charge < -0.3 is 15.0 Å². The minimum Gasteiger partial charge on any atom is -0.495 e. The smallest absolute Gasteiger partial charge is 0.250 e. The van der Waals surface area contributed by atoms with Crippen LogP contribution in [0, 0.1) is 6.92 Å². The van der Waals surface area contributed by atoms with Crippen molar-refractivity contribution >= 4 is 17.5 Å². The molecular weight excluding hydrogens is 270 g/mol. The summed E-state index contributed by atoms with van der Waals surface area (Å²) in [4.78, 5) is 29.8.